The van der Waals surface area contributed by atoms with Crippen molar-refractivity contribution in [2.24, 2.45) is 5.92 Å². The molecule has 125 valence electrons. The summed E-state index contributed by atoms with van der Waals surface area (Å²) in [6.45, 7) is 9.13. The van der Waals surface area contributed by atoms with Crippen molar-refractivity contribution in [2.75, 3.05) is 0 Å². The molecule has 0 saturated carbocycles. The van der Waals surface area contributed by atoms with E-state index >= 15 is 0 Å². The zero-order valence-electron chi connectivity index (χ0n) is 15.5. The van der Waals surface area contributed by atoms with E-state index in [0.29, 0.717) is 5.92 Å². The summed E-state index contributed by atoms with van der Waals surface area (Å²) >= 11 is 0. The summed E-state index contributed by atoms with van der Waals surface area (Å²) in [6.07, 6.45) is 9.41. The largest absolute Gasteiger partial charge is 0.0651 e. The Kier molecular flexibility index (Phi) is 5.23. The van der Waals surface area contributed by atoms with Gasteiger partial charge in [0.1, 0.15) is 0 Å². The van der Waals surface area contributed by atoms with Crippen LogP contribution in [0.3, 0.4) is 0 Å². The molecule has 0 aromatic heterocycles. The first-order valence-electron chi connectivity index (χ1n) is 9.43. The van der Waals surface area contributed by atoms with Gasteiger partial charge >= 0.3 is 0 Å². The first kappa shape index (κ1) is 17.0. The van der Waals surface area contributed by atoms with Gasteiger partial charge in [0.05, 0.1) is 0 Å². The van der Waals surface area contributed by atoms with Gasteiger partial charge in [0, 0.05) is 6.42 Å². The van der Waals surface area contributed by atoms with Crippen molar-refractivity contribution in [1.82, 2.24) is 0 Å². The molecule has 24 heavy (non-hydrogen) atoms. The van der Waals surface area contributed by atoms with Crippen molar-refractivity contribution in [1.29, 1.82) is 0 Å². The average molecular weight is 317 g/mol. The van der Waals surface area contributed by atoms with E-state index in [1.54, 1.807) is 0 Å². The highest BCUT2D eigenvalue weighted by Crippen LogP contribution is 2.40. The van der Waals surface area contributed by atoms with Gasteiger partial charge in [-0.3, -0.25) is 0 Å². The molecule has 0 fully saturated rings. The molecule has 2 aromatic rings. The van der Waals surface area contributed by atoms with Crippen molar-refractivity contribution < 1.29 is 0 Å². The van der Waals surface area contributed by atoms with Crippen molar-refractivity contribution in [2.45, 2.75) is 53.4 Å². The fourth-order valence-corrected chi connectivity index (χ4v) is 3.85. The lowest BCUT2D eigenvalue weighted by Gasteiger charge is -2.17. The summed E-state index contributed by atoms with van der Waals surface area (Å²) < 4.78 is 0. The molecule has 0 atom stereocenters. The molecule has 0 saturated heterocycles. The zero-order chi connectivity index (χ0) is 17.1. The van der Waals surface area contributed by atoms with Gasteiger partial charge in [-0.05, 0) is 58.6 Å². The summed E-state index contributed by atoms with van der Waals surface area (Å²) in [5.74, 6) is 0.698. The van der Waals surface area contributed by atoms with Gasteiger partial charge in [-0.1, -0.05) is 82.2 Å². The third-order valence-corrected chi connectivity index (χ3v) is 4.87. The molecule has 0 heterocycles. The van der Waals surface area contributed by atoms with E-state index in [1.807, 2.05) is 0 Å². The smallest absolute Gasteiger partial charge is 0.0164 e. The number of rotatable bonds is 6. The minimum atomic E-state index is 0.698. The van der Waals surface area contributed by atoms with E-state index in [9.17, 15) is 0 Å². The Labute approximate surface area is 147 Å². The van der Waals surface area contributed by atoms with Crippen LogP contribution < -0.4 is 0 Å². The van der Waals surface area contributed by atoms with Crippen molar-refractivity contribution in [3.8, 4) is 11.1 Å². The van der Waals surface area contributed by atoms with Crippen molar-refractivity contribution in [3.05, 3.63) is 70.6 Å². The maximum absolute atomic E-state index is 2.44. The SMILES string of the molecule is CCCc1ccc2c(c1-c1ccccc1CC)C=C(CC(C)C)[CH]2. The molecule has 0 unspecified atom stereocenters. The van der Waals surface area contributed by atoms with Crippen molar-refractivity contribution in [3.63, 3.8) is 0 Å². The van der Waals surface area contributed by atoms with Crippen LogP contribution in [-0.2, 0) is 12.8 Å². The second-order valence-electron chi connectivity index (χ2n) is 7.32. The maximum Gasteiger partial charge on any atom is 0.0164 e. The predicted molar refractivity (Wildman–Crippen MR) is 106 cm³/mol. The van der Waals surface area contributed by atoms with Gasteiger partial charge in [0.2, 0.25) is 0 Å². The standard InChI is InChI=1S/C24H29/c1-5-9-20-12-13-21-15-18(14-17(3)4)16-23(21)24(20)22-11-8-7-10-19(22)6-2/h7-8,10-13,15-17H,5-6,9,14H2,1-4H3. The third-order valence-electron chi connectivity index (χ3n) is 4.87. The molecule has 0 bridgehead atoms. The number of benzene rings is 2. The lowest BCUT2D eigenvalue weighted by molar-refractivity contribution is 0.649. The molecule has 0 nitrogen and oxygen atoms in total. The second kappa shape index (κ2) is 7.38. The van der Waals surface area contributed by atoms with E-state index < -0.39 is 0 Å². The van der Waals surface area contributed by atoms with Crippen molar-refractivity contribution >= 4 is 6.08 Å². The van der Waals surface area contributed by atoms with Gasteiger partial charge in [-0.25, -0.2) is 0 Å². The Morgan fingerprint density at radius 3 is 2.42 bits per heavy atom. The quantitative estimate of drug-likeness (QED) is 0.545. The van der Waals surface area contributed by atoms with Gasteiger partial charge < -0.3 is 0 Å². The van der Waals surface area contributed by atoms with Crippen LogP contribution in [0, 0.1) is 12.3 Å². The molecule has 3 rings (SSSR count). The second-order valence-corrected chi connectivity index (χ2v) is 7.32. The topological polar surface area (TPSA) is 0 Å². The van der Waals surface area contributed by atoms with Gasteiger partial charge in [0.15, 0.2) is 0 Å². The molecule has 1 radical (unpaired) electrons. The Morgan fingerprint density at radius 2 is 1.71 bits per heavy atom. The third kappa shape index (κ3) is 3.34. The van der Waals surface area contributed by atoms with Crippen LogP contribution in [0.2, 0.25) is 0 Å². The molecular formula is C24H29. The van der Waals surface area contributed by atoms with E-state index in [2.05, 4.69) is 76.6 Å². The molecule has 1 aliphatic carbocycles. The molecule has 0 aliphatic heterocycles. The molecular weight excluding hydrogens is 288 g/mol. The number of allylic oxidation sites excluding steroid dienone is 1. The van der Waals surface area contributed by atoms with Gasteiger partial charge in [-0.2, -0.15) is 0 Å². The Balaban J connectivity index is 2.17. The van der Waals surface area contributed by atoms with Gasteiger partial charge in [0.25, 0.3) is 0 Å². The number of fused-ring (bicyclic) bond motifs is 1. The number of hydrogen-bond donors (Lipinski definition) is 0. The fraction of sp³-hybridized carbons (Fsp3) is 0.375. The Hall–Kier alpha value is -1.82. The Bertz CT molecular complexity index is 747. The maximum atomic E-state index is 2.44. The van der Waals surface area contributed by atoms with Crippen LogP contribution in [0.5, 0.6) is 0 Å². The van der Waals surface area contributed by atoms with Crippen LogP contribution in [0.25, 0.3) is 17.2 Å². The van der Waals surface area contributed by atoms with Crippen LogP contribution >= 0.6 is 0 Å². The van der Waals surface area contributed by atoms with Crippen LogP contribution in [0.4, 0.5) is 0 Å². The van der Waals surface area contributed by atoms with E-state index in [4.69, 9.17) is 0 Å². The monoisotopic (exact) mass is 317 g/mol. The normalized spacial score (nSPS) is 13.3. The van der Waals surface area contributed by atoms with Gasteiger partial charge in [-0.15, -0.1) is 0 Å². The average Bonchev–Trinajstić information content (AvgIpc) is 2.96. The van der Waals surface area contributed by atoms with E-state index in [1.165, 1.54) is 45.4 Å². The highest BCUT2D eigenvalue weighted by molar-refractivity contribution is 5.86. The summed E-state index contributed by atoms with van der Waals surface area (Å²) in [5, 5.41) is 0. The number of hydrogen-bond acceptors (Lipinski definition) is 0. The molecule has 0 amide bonds. The highest BCUT2D eigenvalue weighted by atomic mass is 14.2. The van der Waals surface area contributed by atoms with E-state index in [-0.39, 0.29) is 0 Å². The number of aryl methyl sites for hydroxylation is 2. The zero-order valence-corrected chi connectivity index (χ0v) is 15.5. The summed E-state index contributed by atoms with van der Waals surface area (Å²) in [6, 6.07) is 13.6. The minimum absolute atomic E-state index is 0.698. The molecule has 2 aromatic carbocycles. The minimum Gasteiger partial charge on any atom is -0.0651 e. The molecule has 0 spiro atoms. The van der Waals surface area contributed by atoms with Crippen LogP contribution in [0.15, 0.2) is 42.0 Å². The van der Waals surface area contributed by atoms with Crippen LogP contribution in [-0.4, -0.2) is 0 Å². The summed E-state index contributed by atoms with van der Waals surface area (Å²) in [5.41, 5.74) is 10.2. The Morgan fingerprint density at radius 1 is 0.917 bits per heavy atom. The predicted octanol–water partition coefficient (Wildman–Crippen LogP) is 6.86. The fourth-order valence-electron chi connectivity index (χ4n) is 3.85. The summed E-state index contributed by atoms with van der Waals surface area (Å²) in [4.78, 5) is 0. The molecule has 0 heteroatoms. The van der Waals surface area contributed by atoms with Crippen LogP contribution in [0.1, 0.15) is 62.8 Å². The molecule has 0 N–H and O–H groups in total. The lowest BCUT2D eigenvalue weighted by atomic mass is 9.87. The highest BCUT2D eigenvalue weighted by Gasteiger charge is 2.21. The first-order chi connectivity index (χ1) is 11.6. The first-order valence-corrected chi connectivity index (χ1v) is 9.43. The van der Waals surface area contributed by atoms with E-state index in [0.717, 1.165) is 19.3 Å². The molecule has 1 aliphatic rings. The summed E-state index contributed by atoms with van der Waals surface area (Å²) in [7, 11) is 0. The lowest BCUT2D eigenvalue weighted by Crippen LogP contribution is -1.97.